The summed E-state index contributed by atoms with van der Waals surface area (Å²) in [5, 5.41) is 9.18. The Morgan fingerprint density at radius 1 is 1.35 bits per heavy atom. The molecule has 110 valence electrons. The average Bonchev–Trinajstić information content (AvgIpc) is 3.05. The molecule has 0 bridgehead atoms. The van der Waals surface area contributed by atoms with Gasteiger partial charge in [0.15, 0.2) is 6.39 Å². The third kappa shape index (κ3) is 4.16. The molecular formula is C15H23N3OS. The summed E-state index contributed by atoms with van der Waals surface area (Å²) >= 11 is 1.80. The number of nitrogens with one attached hydrogen (secondary N) is 2. The van der Waals surface area contributed by atoms with E-state index >= 15 is 0 Å². The molecule has 2 heterocycles. The van der Waals surface area contributed by atoms with Crippen LogP contribution in [0.1, 0.15) is 43.9 Å². The van der Waals surface area contributed by atoms with Gasteiger partial charge in [0.1, 0.15) is 5.76 Å². The highest BCUT2D eigenvalue weighted by atomic mass is 32.1. The number of rotatable bonds is 7. The molecule has 0 atom stereocenters. The summed E-state index contributed by atoms with van der Waals surface area (Å²) in [6.07, 6.45) is 3.21. The number of nitrogens with zero attached hydrogens (tertiary/aromatic N) is 1. The fourth-order valence-corrected chi connectivity index (χ4v) is 2.85. The highest BCUT2D eigenvalue weighted by Gasteiger charge is 2.21. The van der Waals surface area contributed by atoms with Gasteiger partial charge in [0.2, 0.25) is 0 Å². The van der Waals surface area contributed by atoms with E-state index in [9.17, 15) is 0 Å². The van der Waals surface area contributed by atoms with E-state index in [0.717, 1.165) is 12.3 Å². The molecule has 0 amide bonds. The summed E-state index contributed by atoms with van der Waals surface area (Å²) in [6, 6.07) is 2.78. The molecule has 2 aromatic rings. The van der Waals surface area contributed by atoms with Crippen LogP contribution in [0.4, 0.5) is 0 Å². The second kappa shape index (κ2) is 6.52. The molecule has 0 aliphatic carbocycles. The maximum absolute atomic E-state index is 5.25. The zero-order chi connectivity index (χ0) is 14.6. The smallest absolute Gasteiger partial charge is 0.180 e. The Balaban J connectivity index is 1.94. The zero-order valence-electron chi connectivity index (χ0n) is 12.6. The van der Waals surface area contributed by atoms with Crippen LogP contribution in [0.2, 0.25) is 0 Å². The van der Waals surface area contributed by atoms with Gasteiger partial charge in [-0.1, -0.05) is 13.8 Å². The van der Waals surface area contributed by atoms with Crippen molar-refractivity contribution >= 4 is 11.3 Å². The molecule has 5 heteroatoms. The van der Waals surface area contributed by atoms with Crippen LogP contribution >= 0.6 is 11.3 Å². The lowest BCUT2D eigenvalue weighted by atomic mass is 9.97. The molecule has 2 aromatic heterocycles. The minimum atomic E-state index is -0.0840. The topological polar surface area (TPSA) is 50.1 Å². The van der Waals surface area contributed by atoms with Crippen molar-refractivity contribution in [2.24, 2.45) is 0 Å². The van der Waals surface area contributed by atoms with Gasteiger partial charge in [-0.3, -0.25) is 0 Å². The largest absolute Gasteiger partial charge is 0.447 e. The molecule has 0 radical (unpaired) electrons. The van der Waals surface area contributed by atoms with E-state index in [1.165, 1.54) is 16.8 Å². The van der Waals surface area contributed by atoms with Gasteiger partial charge >= 0.3 is 0 Å². The van der Waals surface area contributed by atoms with Crippen molar-refractivity contribution in [3.63, 3.8) is 0 Å². The summed E-state index contributed by atoms with van der Waals surface area (Å²) in [7, 11) is 0. The SMILES string of the molecule is CC(C)NCc1cc(C(C)(C)NCc2cnco2)cs1. The van der Waals surface area contributed by atoms with Gasteiger partial charge in [0.25, 0.3) is 0 Å². The van der Waals surface area contributed by atoms with Crippen LogP contribution in [0.3, 0.4) is 0 Å². The maximum Gasteiger partial charge on any atom is 0.180 e. The fraction of sp³-hybridized carbons (Fsp3) is 0.533. The minimum absolute atomic E-state index is 0.0840. The first kappa shape index (κ1) is 15.2. The molecule has 0 saturated carbocycles. The predicted octanol–water partition coefficient (Wildman–Crippen LogP) is 3.26. The Hall–Kier alpha value is -1.17. The Morgan fingerprint density at radius 2 is 2.15 bits per heavy atom. The fourth-order valence-electron chi connectivity index (χ4n) is 1.85. The molecule has 0 aliphatic rings. The van der Waals surface area contributed by atoms with Crippen molar-refractivity contribution in [2.75, 3.05) is 0 Å². The van der Waals surface area contributed by atoms with E-state index < -0.39 is 0 Å². The minimum Gasteiger partial charge on any atom is -0.447 e. The van der Waals surface area contributed by atoms with Crippen molar-refractivity contribution < 1.29 is 4.42 Å². The summed E-state index contributed by atoms with van der Waals surface area (Å²) in [5.41, 5.74) is 1.22. The van der Waals surface area contributed by atoms with Gasteiger partial charge < -0.3 is 15.1 Å². The molecule has 0 aliphatic heterocycles. The van der Waals surface area contributed by atoms with Gasteiger partial charge in [-0.2, -0.15) is 0 Å². The van der Waals surface area contributed by atoms with Crippen molar-refractivity contribution in [2.45, 2.75) is 52.4 Å². The predicted molar refractivity (Wildman–Crippen MR) is 82.7 cm³/mol. The third-order valence-corrected chi connectivity index (χ3v) is 4.18. The van der Waals surface area contributed by atoms with Crippen molar-refractivity contribution in [3.05, 3.63) is 40.2 Å². The van der Waals surface area contributed by atoms with Gasteiger partial charge in [0, 0.05) is 23.0 Å². The van der Waals surface area contributed by atoms with Crippen LogP contribution in [-0.2, 0) is 18.6 Å². The highest BCUT2D eigenvalue weighted by Crippen LogP contribution is 2.26. The molecule has 2 rings (SSSR count). The van der Waals surface area contributed by atoms with E-state index in [0.29, 0.717) is 12.6 Å². The second-order valence-electron chi connectivity index (χ2n) is 5.78. The summed E-state index contributed by atoms with van der Waals surface area (Å²) in [4.78, 5) is 5.29. The summed E-state index contributed by atoms with van der Waals surface area (Å²) in [5.74, 6) is 0.856. The molecule has 0 saturated heterocycles. The Bertz CT molecular complexity index is 517. The first-order valence-electron chi connectivity index (χ1n) is 6.91. The van der Waals surface area contributed by atoms with Gasteiger partial charge in [-0.15, -0.1) is 11.3 Å². The lowest BCUT2D eigenvalue weighted by Gasteiger charge is -2.25. The number of hydrogen-bond acceptors (Lipinski definition) is 5. The number of oxazole rings is 1. The molecule has 0 fully saturated rings. The molecule has 20 heavy (non-hydrogen) atoms. The van der Waals surface area contributed by atoms with Crippen LogP contribution in [-0.4, -0.2) is 11.0 Å². The normalized spacial score (nSPS) is 12.2. The van der Waals surface area contributed by atoms with Gasteiger partial charge in [-0.25, -0.2) is 4.98 Å². The Kier molecular flexibility index (Phi) is 4.96. The molecule has 0 spiro atoms. The molecular weight excluding hydrogens is 270 g/mol. The number of hydrogen-bond donors (Lipinski definition) is 2. The highest BCUT2D eigenvalue weighted by molar-refractivity contribution is 7.10. The van der Waals surface area contributed by atoms with E-state index in [1.54, 1.807) is 17.5 Å². The second-order valence-corrected chi connectivity index (χ2v) is 6.78. The summed E-state index contributed by atoms with van der Waals surface area (Å²) in [6.45, 7) is 10.3. The van der Waals surface area contributed by atoms with E-state index in [1.807, 2.05) is 0 Å². The van der Waals surface area contributed by atoms with Crippen molar-refractivity contribution in [1.82, 2.24) is 15.6 Å². The monoisotopic (exact) mass is 293 g/mol. The number of aromatic nitrogens is 1. The van der Waals surface area contributed by atoms with E-state index in [4.69, 9.17) is 4.42 Å². The third-order valence-electron chi connectivity index (χ3n) is 3.25. The average molecular weight is 293 g/mol. The quantitative estimate of drug-likeness (QED) is 0.822. The lowest BCUT2D eigenvalue weighted by molar-refractivity contribution is 0.371. The van der Waals surface area contributed by atoms with Crippen LogP contribution in [0.25, 0.3) is 0 Å². The lowest BCUT2D eigenvalue weighted by Crippen LogP contribution is -2.35. The van der Waals surface area contributed by atoms with Crippen molar-refractivity contribution in [3.8, 4) is 0 Å². The Morgan fingerprint density at radius 3 is 2.80 bits per heavy atom. The van der Waals surface area contributed by atoms with Crippen molar-refractivity contribution in [1.29, 1.82) is 0 Å². The van der Waals surface area contributed by atoms with E-state index in [2.05, 4.69) is 54.8 Å². The molecule has 4 nitrogen and oxygen atoms in total. The number of thiophene rings is 1. The molecule has 0 unspecified atom stereocenters. The standard InChI is InChI=1S/C15H23N3OS/c1-11(2)17-8-14-5-12(9-20-14)15(3,4)18-7-13-6-16-10-19-13/h5-6,9-11,17-18H,7-8H2,1-4H3. The van der Waals surface area contributed by atoms with Gasteiger partial charge in [-0.05, 0) is 30.9 Å². The van der Waals surface area contributed by atoms with Crippen LogP contribution in [0.15, 0.2) is 28.5 Å². The van der Waals surface area contributed by atoms with Gasteiger partial charge in [0.05, 0.1) is 12.7 Å². The first-order valence-corrected chi connectivity index (χ1v) is 7.79. The molecule has 0 aromatic carbocycles. The first-order chi connectivity index (χ1) is 9.47. The zero-order valence-corrected chi connectivity index (χ0v) is 13.4. The molecule has 2 N–H and O–H groups in total. The summed E-state index contributed by atoms with van der Waals surface area (Å²) < 4.78 is 5.25. The maximum atomic E-state index is 5.25. The van der Waals surface area contributed by atoms with Crippen LogP contribution < -0.4 is 10.6 Å². The Labute approximate surface area is 124 Å². The van der Waals surface area contributed by atoms with E-state index in [-0.39, 0.29) is 5.54 Å². The van der Waals surface area contributed by atoms with Crippen LogP contribution in [0, 0.1) is 0 Å². The van der Waals surface area contributed by atoms with Crippen LogP contribution in [0.5, 0.6) is 0 Å².